The first-order valence-corrected chi connectivity index (χ1v) is 6.88. The van der Waals surface area contributed by atoms with Crippen molar-refractivity contribution in [1.29, 1.82) is 0 Å². The molecule has 0 radical (unpaired) electrons. The lowest BCUT2D eigenvalue weighted by Crippen LogP contribution is -2.04. The Hall–Kier alpha value is -2.75. The molecular formula is C17H15N3O. The van der Waals surface area contributed by atoms with Crippen molar-refractivity contribution >= 4 is 5.78 Å². The van der Waals surface area contributed by atoms with Crippen molar-refractivity contribution in [1.82, 2.24) is 15.0 Å². The monoisotopic (exact) mass is 277 g/mol. The first-order chi connectivity index (χ1) is 10.3. The Bertz CT molecular complexity index is 720. The van der Waals surface area contributed by atoms with Crippen LogP contribution in [0.1, 0.15) is 22.5 Å². The second-order valence-corrected chi connectivity index (χ2v) is 4.76. The summed E-state index contributed by atoms with van der Waals surface area (Å²) in [7, 11) is 0. The third-order valence-electron chi connectivity index (χ3n) is 3.25. The third-order valence-corrected chi connectivity index (χ3v) is 3.25. The van der Waals surface area contributed by atoms with Crippen LogP contribution in [0, 0.1) is 0 Å². The molecule has 1 heterocycles. The molecule has 0 fully saturated rings. The molecule has 3 aromatic rings. The van der Waals surface area contributed by atoms with Gasteiger partial charge in [-0.15, -0.1) is 5.10 Å². The molecule has 0 aliphatic rings. The maximum absolute atomic E-state index is 12.1. The summed E-state index contributed by atoms with van der Waals surface area (Å²) in [5.41, 5.74) is 2.41. The number of carbonyl (C=O) groups is 1. The predicted octanol–water partition coefficient (Wildman–Crippen LogP) is 3.08. The van der Waals surface area contributed by atoms with E-state index in [2.05, 4.69) is 10.2 Å². The second kappa shape index (κ2) is 6.13. The molecular weight excluding hydrogens is 262 g/mol. The number of para-hydroxylation sites is 1. The highest BCUT2D eigenvalue weighted by Crippen LogP contribution is 2.08. The van der Waals surface area contributed by atoms with Crippen LogP contribution in [0.25, 0.3) is 5.69 Å². The van der Waals surface area contributed by atoms with Crippen LogP contribution >= 0.6 is 0 Å². The maximum atomic E-state index is 12.1. The Labute approximate surface area is 123 Å². The zero-order valence-corrected chi connectivity index (χ0v) is 11.5. The fraction of sp³-hybridized carbons (Fsp3) is 0.118. The molecule has 0 saturated heterocycles. The molecule has 0 aliphatic carbocycles. The molecule has 104 valence electrons. The first kappa shape index (κ1) is 13.2. The minimum Gasteiger partial charge on any atom is -0.292 e. The zero-order chi connectivity index (χ0) is 14.5. The Morgan fingerprint density at radius 3 is 2.33 bits per heavy atom. The number of rotatable bonds is 5. The average Bonchev–Trinajstić information content (AvgIpc) is 3.04. The largest absolute Gasteiger partial charge is 0.292 e. The normalized spacial score (nSPS) is 10.5. The lowest BCUT2D eigenvalue weighted by Gasteiger charge is -1.99. The van der Waals surface area contributed by atoms with Crippen LogP contribution < -0.4 is 0 Å². The molecule has 0 N–H and O–H groups in total. The molecule has 0 saturated carbocycles. The third kappa shape index (κ3) is 3.23. The van der Waals surface area contributed by atoms with Gasteiger partial charge in [-0.2, -0.15) is 9.90 Å². The lowest BCUT2D eigenvalue weighted by atomic mass is 10.1. The van der Waals surface area contributed by atoms with E-state index in [1.54, 1.807) is 0 Å². The molecule has 4 heteroatoms. The van der Waals surface area contributed by atoms with Crippen LogP contribution in [0.15, 0.2) is 66.9 Å². The smallest absolute Gasteiger partial charge is 0.185 e. The van der Waals surface area contributed by atoms with Crippen LogP contribution in [0.3, 0.4) is 0 Å². The number of nitrogens with zero attached hydrogens (tertiary/aromatic N) is 3. The van der Waals surface area contributed by atoms with E-state index in [0.29, 0.717) is 12.1 Å². The van der Waals surface area contributed by atoms with Crippen LogP contribution in [0.4, 0.5) is 0 Å². The molecule has 2 aromatic carbocycles. The van der Waals surface area contributed by atoms with Gasteiger partial charge in [-0.3, -0.25) is 4.79 Å². The number of carbonyl (C=O) groups excluding carboxylic acids is 1. The van der Waals surface area contributed by atoms with E-state index in [9.17, 15) is 4.79 Å². The van der Waals surface area contributed by atoms with Crippen LogP contribution in [0.2, 0.25) is 0 Å². The van der Waals surface area contributed by atoms with Crippen LogP contribution in [0.5, 0.6) is 0 Å². The summed E-state index contributed by atoms with van der Waals surface area (Å²) in [5, 5.41) is 8.40. The van der Waals surface area contributed by atoms with E-state index >= 15 is 0 Å². The highest BCUT2D eigenvalue weighted by atomic mass is 16.1. The number of aromatic nitrogens is 3. The number of Topliss-reactive ketones (excluding diaryl/α,β-unsaturated/α-hetero) is 1. The number of hydrogen-bond acceptors (Lipinski definition) is 3. The standard InChI is InChI=1S/C17H15N3O/c21-17(12-11-14-7-3-1-4-8-14)16-13-18-20(19-16)15-9-5-2-6-10-15/h1-10,13H,11-12H2. The van der Waals surface area contributed by atoms with Gasteiger partial charge in [0.05, 0.1) is 11.9 Å². The molecule has 21 heavy (non-hydrogen) atoms. The topological polar surface area (TPSA) is 47.8 Å². The van der Waals surface area contributed by atoms with E-state index in [1.165, 1.54) is 11.0 Å². The summed E-state index contributed by atoms with van der Waals surface area (Å²) in [6.45, 7) is 0. The molecule has 4 nitrogen and oxygen atoms in total. The molecule has 0 aliphatic heterocycles. The molecule has 0 spiro atoms. The van der Waals surface area contributed by atoms with Crippen molar-refractivity contribution in [3.8, 4) is 5.69 Å². The Morgan fingerprint density at radius 1 is 0.952 bits per heavy atom. The fourth-order valence-corrected chi connectivity index (χ4v) is 2.11. The van der Waals surface area contributed by atoms with Crippen molar-refractivity contribution in [2.24, 2.45) is 0 Å². The fourth-order valence-electron chi connectivity index (χ4n) is 2.11. The number of ketones is 1. The van der Waals surface area contributed by atoms with Crippen molar-refractivity contribution in [3.05, 3.63) is 78.1 Å². The van der Waals surface area contributed by atoms with Gasteiger partial charge in [-0.05, 0) is 24.1 Å². The first-order valence-electron chi connectivity index (χ1n) is 6.88. The van der Waals surface area contributed by atoms with Crippen LogP contribution in [-0.4, -0.2) is 20.8 Å². The van der Waals surface area contributed by atoms with Crippen LogP contribution in [-0.2, 0) is 6.42 Å². The van der Waals surface area contributed by atoms with E-state index in [4.69, 9.17) is 0 Å². The van der Waals surface area contributed by atoms with E-state index in [1.807, 2.05) is 60.7 Å². The Kier molecular flexibility index (Phi) is 3.87. The van der Waals surface area contributed by atoms with Gasteiger partial charge in [-0.1, -0.05) is 48.5 Å². The van der Waals surface area contributed by atoms with Crippen molar-refractivity contribution in [3.63, 3.8) is 0 Å². The predicted molar refractivity (Wildman–Crippen MR) is 80.5 cm³/mol. The molecule has 3 rings (SSSR count). The maximum Gasteiger partial charge on any atom is 0.185 e. The average molecular weight is 277 g/mol. The summed E-state index contributed by atoms with van der Waals surface area (Å²) < 4.78 is 0. The van der Waals surface area contributed by atoms with Crippen molar-refractivity contribution < 1.29 is 4.79 Å². The van der Waals surface area contributed by atoms with Gasteiger partial charge >= 0.3 is 0 Å². The molecule has 0 unspecified atom stereocenters. The molecule has 0 atom stereocenters. The van der Waals surface area contributed by atoms with Gasteiger partial charge in [0, 0.05) is 6.42 Å². The van der Waals surface area contributed by atoms with E-state index in [0.717, 1.165) is 17.7 Å². The SMILES string of the molecule is O=C(CCc1ccccc1)c1cnn(-c2ccccc2)n1. The Morgan fingerprint density at radius 2 is 1.62 bits per heavy atom. The Balaban J connectivity index is 1.67. The summed E-state index contributed by atoms with van der Waals surface area (Å²) in [5.74, 6) is 0.0148. The van der Waals surface area contributed by atoms with Gasteiger partial charge in [0.1, 0.15) is 5.69 Å². The molecule has 0 amide bonds. The minimum absolute atomic E-state index is 0.0148. The summed E-state index contributed by atoms with van der Waals surface area (Å²) in [6.07, 6.45) is 2.69. The lowest BCUT2D eigenvalue weighted by molar-refractivity contribution is 0.0977. The number of benzene rings is 2. The quantitative estimate of drug-likeness (QED) is 0.673. The van der Waals surface area contributed by atoms with Crippen molar-refractivity contribution in [2.45, 2.75) is 12.8 Å². The molecule has 1 aromatic heterocycles. The number of aryl methyl sites for hydroxylation is 1. The summed E-state index contributed by atoms with van der Waals surface area (Å²) in [6, 6.07) is 19.5. The van der Waals surface area contributed by atoms with E-state index < -0.39 is 0 Å². The zero-order valence-electron chi connectivity index (χ0n) is 11.5. The van der Waals surface area contributed by atoms with Gasteiger partial charge in [-0.25, -0.2) is 0 Å². The van der Waals surface area contributed by atoms with Gasteiger partial charge < -0.3 is 0 Å². The van der Waals surface area contributed by atoms with E-state index in [-0.39, 0.29) is 5.78 Å². The van der Waals surface area contributed by atoms with Gasteiger partial charge in [0.15, 0.2) is 5.78 Å². The minimum atomic E-state index is 0.0148. The summed E-state index contributed by atoms with van der Waals surface area (Å²) in [4.78, 5) is 13.6. The van der Waals surface area contributed by atoms with Crippen molar-refractivity contribution in [2.75, 3.05) is 0 Å². The number of hydrogen-bond donors (Lipinski definition) is 0. The van der Waals surface area contributed by atoms with Gasteiger partial charge in [0.2, 0.25) is 0 Å². The molecule has 0 bridgehead atoms. The van der Waals surface area contributed by atoms with Gasteiger partial charge in [0.25, 0.3) is 0 Å². The highest BCUT2D eigenvalue weighted by Gasteiger charge is 2.11. The highest BCUT2D eigenvalue weighted by molar-refractivity contribution is 5.93. The second-order valence-electron chi connectivity index (χ2n) is 4.76. The summed E-state index contributed by atoms with van der Waals surface area (Å²) >= 11 is 0.